The van der Waals surface area contributed by atoms with Crippen molar-refractivity contribution in [2.24, 2.45) is 7.05 Å². The summed E-state index contributed by atoms with van der Waals surface area (Å²) >= 11 is 5.62. The second kappa shape index (κ2) is 7.76. The molecule has 130 valence electrons. The minimum absolute atomic E-state index is 0.684. The fourth-order valence-electron chi connectivity index (χ4n) is 2.93. The third-order valence-corrected chi connectivity index (χ3v) is 4.94. The zero-order chi connectivity index (χ0) is 17.8. The standard InChI is InChI=1S/C20H24N4S/c1-4-23(14-17-11-6-5-7-12-17)15-24-20(25)22(3)19(21-24)18-13-9-8-10-16(18)2/h5-13H,4,14-15H2,1-3H3. The van der Waals surface area contributed by atoms with Crippen molar-refractivity contribution in [3.8, 4) is 11.4 Å². The monoisotopic (exact) mass is 352 g/mol. The molecule has 0 atom stereocenters. The van der Waals surface area contributed by atoms with Gasteiger partial charge in [-0.2, -0.15) is 5.10 Å². The average molecular weight is 353 g/mol. The molecule has 0 unspecified atom stereocenters. The van der Waals surface area contributed by atoms with E-state index < -0.39 is 0 Å². The lowest BCUT2D eigenvalue weighted by Crippen LogP contribution is -2.26. The summed E-state index contributed by atoms with van der Waals surface area (Å²) in [5.74, 6) is 0.916. The maximum Gasteiger partial charge on any atom is 0.199 e. The maximum atomic E-state index is 5.62. The van der Waals surface area contributed by atoms with Gasteiger partial charge in [0.15, 0.2) is 10.6 Å². The fraction of sp³-hybridized carbons (Fsp3) is 0.300. The number of benzene rings is 2. The van der Waals surface area contributed by atoms with Crippen LogP contribution in [0.4, 0.5) is 0 Å². The topological polar surface area (TPSA) is 26.0 Å². The SMILES string of the molecule is CCN(Cc1ccccc1)Cn1nc(-c2ccccc2C)n(C)c1=S. The molecule has 25 heavy (non-hydrogen) atoms. The number of nitrogens with zero attached hydrogens (tertiary/aromatic N) is 4. The highest BCUT2D eigenvalue weighted by Gasteiger charge is 2.13. The van der Waals surface area contributed by atoms with Crippen molar-refractivity contribution in [3.05, 3.63) is 70.5 Å². The minimum Gasteiger partial charge on any atom is -0.303 e. The molecule has 3 aromatic rings. The molecule has 0 aliphatic rings. The van der Waals surface area contributed by atoms with E-state index in [4.69, 9.17) is 17.3 Å². The van der Waals surface area contributed by atoms with Gasteiger partial charge in [-0.1, -0.05) is 61.5 Å². The fourth-order valence-corrected chi connectivity index (χ4v) is 3.12. The van der Waals surface area contributed by atoms with Gasteiger partial charge in [-0.15, -0.1) is 0 Å². The molecule has 1 heterocycles. The Morgan fingerprint density at radius 3 is 2.40 bits per heavy atom. The maximum absolute atomic E-state index is 5.62. The van der Waals surface area contributed by atoms with Crippen molar-refractivity contribution >= 4 is 12.2 Å². The van der Waals surface area contributed by atoms with Gasteiger partial charge in [0.05, 0.1) is 6.67 Å². The Bertz CT molecular complexity index is 896. The Labute approximate surface area is 154 Å². The van der Waals surface area contributed by atoms with Gasteiger partial charge in [-0.25, -0.2) is 4.68 Å². The van der Waals surface area contributed by atoms with Crippen molar-refractivity contribution in [2.75, 3.05) is 6.54 Å². The lowest BCUT2D eigenvalue weighted by molar-refractivity contribution is 0.207. The van der Waals surface area contributed by atoms with Crippen molar-refractivity contribution < 1.29 is 0 Å². The van der Waals surface area contributed by atoms with E-state index in [2.05, 4.69) is 55.1 Å². The van der Waals surface area contributed by atoms with Crippen LogP contribution in [0.2, 0.25) is 0 Å². The van der Waals surface area contributed by atoms with Crippen LogP contribution in [-0.4, -0.2) is 25.8 Å². The molecule has 2 aromatic carbocycles. The lowest BCUT2D eigenvalue weighted by Gasteiger charge is -2.20. The van der Waals surface area contributed by atoms with Crippen molar-refractivity contribution in [1.82, 2.24) is 19.2 Å². The Kier molecular flexibility index (Phi) is 5.46. The highest BCUT2D eigenvalue weighted by molar-refractivity contribution is 7.71. The first-order valence-corrected chi connectivity index (χ1v) is 8.97. The predicted molar refractivity (Wildman–Crippen MR) is 105 cm³/mol. The summed E-state index contributed by atoms with van der Waals surface area (Å²) in [5.41, 5.74) is 3.63. The van der Waals surface area contributed by atoms with Gasteiger partial charge in [0.25, 0.3) is 0 Å². The molecule has 0 bridgehead atoms. The number of hydrogen-bond acceptors (Lipinski definition) is 3. The molecule has 0 saturated heterocycles. The van der Waals surface area contributed by atoms with Crippen LogP contribution < -0.4 is 0 Å². The number of hydrogen-bond donors (Lipinski definition) is 0. The van der Waals surface area contributed by atoms with Gasteiger partial charge < -0.3 is 4.57 Å². The molecular weight excluding hydrogens is 328 g/mol. The van der Waals surface area contributed by atoms with E-state index in [1.807, 2.05) is 34.5 Å². The highest BCUT2D eigenvalue weighted by atomic mass is 32.1. The zero-order valence-corrected chi connectivity index (χ0v) is 15.8. The lowest BCUT2D eigenvalue weighted by atomic mass is 10.1. The van der Waals surface area contributed by atoms with Crippen LogP contribution in [0.3, 0.4) is 0 Å². The first-order valence-electron chi connectivity index (χ1n) is 8.56. The summed E-state index contributed by atoms with van der Waals surface area (Å²) in [6.07, 6.45) is 0. The summed E-state index contributed by atoms with van der Waals surface area (Å²) in [6.45, 7) is 6.77. The van der Waals surface area contributed by atoms with Crippen LogP contribution >= 0.6 is 12.2 Å². The van der Waals surface area contributed by atoms with Gasteiger partial charge in [-0.3, -0.25) is 4.90 Å². The van der Waals surface area contributed by atoms with E-state index in [0.717, 1.165) is 29.2 Å². The van der Waals surface area contributed by atoms with E-state index >= 15 is 0 Å². The van der Waals surface area contributed by atoms with Gasteiger partial charge in [0.2, 0.25) is 0 Å². The number of aromatic nitrogens is 3. The molecule has 5 heteroatoms. The summed E-state index contributed by atoms with van der Waals surface area (Å²) in [4.78, 5) is 2.33. The molecule has 0 saturated carbocycles. The van der Waals surface area contributed by atoms with E-state index in [0.29, 0.717) is 6.67 Å². The summed E-state index contributed by atoms with van der Waals surface area (Å²) in [6, 6.07) is 18.8. The smallest absolute Gasteiger partial charge is 0.199 e. The normalized spacial score (nSPS) is 11.2. The molecule has 0 aliphatic carbocycles. The third kappa shape index (κ3) is 3.89. The van der Waals surface area contributed by atoms with Crippen LogP contribution in [0.25, 0.3) is 11.4 Å². The number of aryl methyl sites for hydroxylation is 1. The minimum atomic E-state index is 0.684. The molecule has 0 fully saturated rings. The first-order chi connectivity index (χ1) is 12.1. The number of rotatable bonds is 6. The van der Waals surface area contributed by atoms with Crippen LogP contribution in [0.5, 0.6) is 0 Å². The van der Waals surface area contributed by atoms with E-state index in [1.54, 1.807) is 0 Å². The molecule has 1 aromatic heterocycles. The quantitative estimate of drug-likeness (QED) is 0.615. The Balaban J connectivity index is 1.87. The molecule has 0 spiro atoms. The van der Waals surface area contributed by atoms with E-state index in [9.17, 15) is 0 Å². The van der Waals surface area contributed by atoms with Gasteiger partial charge in [0, 0.05) is 19.2 Å². The van der Waals surface area contributed by atoms with E-state index in [-0.39, 0.29) is 0 Å². The van der Waals surface area contributed by atoms with Gasteiger partial charge in [0.1, 0.15) is 0 Å². The highest BCUT2D eigenvalue weighted by Crippen LogP contribution is 2.21. The van der Waals surface area contributed by atoms with Crippen molar-refractivity contribution in [1.29, 1.82) is 0 Å². The largest absolute Gasteiger partial charge is 0.303 e. The van der Waals surface area contributed by atoms with Crippen LogP contribution in [-0.2, 0) is 20.3 Å². The van der Waals surface area contributed by atoms with Crippen LogP contribution in [0.15, 0.2) is 54.6 Å². The predicted octanol–water partition coefficient (Wildman–Crippen LogP) is 4.41. The van der Waals surface area contributed by atoms with Crippen LogP contribution in [0.1, 0.15) is 18.1 Å². The van der Waals surface area contributed by atoms with Crippen molar-refractivity contribution in [2.45, 2.75) is 27.1 Å². The second-order valence-electron chi connectivity index (χ2n) is 6.25. The Morgan fingerprint density at radius 2 is 1.72 bits per heavy atom. The average Bonchev–Trinajstić information content (AvgIpc) is 2.91. The molecule has 0 amide bonds. The third-order valence-electron chi connectivity index (χ3n) is 4.46. The molecule has 4 nitrogen and oxygen atoms in total. The summed E-state index contributed by atoms with van der Waals surface area (Å²) in [7, 11) is 1.99. The van der Waals surface area contributed by atoms with E-state index in [1.165, 1.54) is 11.1 Å². The van der Waals surface area contributed by atoms with Crippen molar-refractivity contribution in [3.63, 3.8) is 0 Å². The second-order valence-corrected chi connectivity index (χ2v) is 6.62. The molecule has 0 aliphatic heterocycles. The van der Waals surface area contributed by atoms with Gasteiger partial charge in [-0.05, 0) is 36.8 Å². The molecular formula is C20H24N4S. The first kappa shape index (κ1) is 17.6. The summed E-state index contributed by atoms with van der Waals surface area (Å²) in [5, 5.41) is 4.80. The van der Waals surface area contributed by atoms with Gasteiger partial charge >= 0.3 is 0 Å². The Hall–Kier alpha value is -2.24. The molecule has 3 rings (SSSR count). The Morgan fingerprint density at radius 1 is 1.04 bits per heavy atom. The summed E-state index contributed by atoms with van der Waals surface area (Å²) < 4.78 is 4.65. The molecule has 0 N–H and O–H groups in total. The zero-order valence-electron chi connectivity index (χ0n) is 15.0. The van der Waals surface area contributed by atoms with Crippen LogP contribution in [0, 0.1) is 11.7 Å². The molecule has 0 radical (unpaired) electrons.